The second-order valence-electron chi connectivity index (χ2n) is 6.95. The van der Waals surface area contributed by atoms with E-state index in [0.29, 0.717) is 11.3 Å². The Morgan fingerprint density at radius 1 is 1.29 bits per heavy atom. The number of nitro groups is 1. The lowest BCUT2D eigenvalue weighted by atomic mass is 9.87. The molecule has 4 rings (SSSR count). The van der Waals surface area contributed by atoms with Crippen molar-refractivity contribution in [3.8, 4) is 5.69 Å². The molecule has 0 radical (unpaired) electrons. The fraction of sp³-hybridized carbons (Fsp3) is 0.238. The van der Waals surface area contributed by atoms with Gasteiger partial charge in [0.1, 0.15) is 5.69 Å². The zero-order valence-corrected chi connectivity index (χ0v) is 15.5. The first kappa shape index (κ1) is 17.9. The maximum atomic E-state index is 13.1. The Balaban J connectivity index is 1.67. The number of nitrogens with zero attached hydrogens (tertiary/aromatic N) is 4. The fourth-order valence-electron chi connectivity index (χ4n) is 3.90. The van der Waals surface area contributed by atoms with Crippen LogP contribution >= 0.6 is 0 Å². The summed E-state index contributed by atoms with van der Waals surface area (Å²) >= 11 is 0. The summed E-state index contributed by atoms with van der Waals surface area (Å²) in [5.41, 5.74) is 2.99. The van der Waals surface area contributed by atoms with Crippen molar-refractivity contribution in [2.75, 3.05) is 7.05 Å². The number of benzene rings is 2. The van der Waals surface area contributed by atoms with Crippen molar-refractivity contribution in [2.45, 2.75) is 25.3 Å². The molecule has 0 fully saturated rings. The van der Waals surface area contributed by atoms with Gasteiger partial charge in [-0.25, -0.2) is 4.98 Å². The molecule has 0 bridgehead atoms. The number of hydrogen-bond donors (Lipinski definition) is 0. The number of fused-ring (bicyclic) bond motifs is 1. The van der Waals surface area contributed by atoms with E-state index in [1.165, 1.54) is 18.0 Å². The van der Waals surface area contributed by atoms with E-state index < -0.39 is 4.92 Å². The number of aromatic nitrogens is 2. The molecule has 0 saturated carbocycles. The summed E-state index contributed by atoms with van der Waals surface area (Å²) in [6.45, 7) is 0. The van der Waals surface area contributed by atoms with Crippen LogP contribution in [0.25, 0.3) is 5.69 Å². The molecule has 7 heteroatoms. The quantitative estimate of drug-likeness (QED) is 0.510. The molecule has 1 heterocycles. The highest BCUT2D eigenvalue weighted by molar-refractivity contribution is 5.95. The van der Waals surface area contributed by atoms with Gasteiger partial charge in [-0.1, -0.05) is 24.3 Å². The van der Waals surface area contributed by atoms with Crippen LogP contribution < -0.4 is 0 Å². The van der Waals surface area contributed by atoms with Crippen molar-refractivity contribution in [1.82, 2.24) is 14.5 Å². The van der Waals surface area contributed by atoms with Gasteiger partial charge in [-0.05, 0) is 42.5 Å². The standard InChI is InChI=1S/C21H20N4O3/c1-23(18-8-4-6-15-5-2-3-7-17(15)18)21(26)16-9-10-19(20(13-16)25(27)28)24-12-11-22-14-24/h2-3,5,7,9-14,18H,4,6,8H2,1H3/t18-/m1/s1. The molecule has 1 atom stereocenters. The van der Waals surface area contributed by atoms with Gasteiger partial charge in [0.25, 0.3) is 11.6 Å². The van der Waals surface area contributed by atoms with E-state index in [4.69, 9.17) is 0 Å². The summed E-state index contributed by atoms with van der Waals surface area (Å²) in [4.78, 5) is 29.8. The van der Waals surface area contributed by atoms with Gasteiger partial charge < -0.3 is 9.47 Å². The van der Waals surface area contributed by atoms with E-state index in [9.17, 15) is 14.9 Å². The van der Waals surface area contributed by atoms with E-state index in [-0.39, 0.29) is 17.6 Å². The van der Waals surface area contributed by atoms with Crippen molar-refractivity contribution < 1.29 is 9.72 Å². The molecule has 28 heavy (non-hydrogen) atoms. The number of hydrogen-bond acceptors (Lipinski definition) is 4. The van der Waals surface area contributed by atoms with E-state index in [1.807, 2.05) is 12.1 Å². The number of nitro benzene ring substituents is 1. The Morgan fingerprint density at radius 2 is 2.11 bits per heavy atom. The Bertz CT molecular complexity index is 1030. The first-order chi connectivity index (χ1) is 13.6. The first-order valence-electron chi connectivity index (χ1n) is 9.18. The molecule has 1 aliphatic rings. The van der Waals surface area contributed by atoms with Gasteiger partial charge in [0.2, 0.25) is 0 Å². The van der Waals surface area contributed by atoms with Gasteiger partial charge >= 0.3 is 0 Å². The van der Waals surface area contributed by atoms with Crippen molar-refractivity contribution in [3.05, 3.63) is 88.0 Å². The molecular formula is C21H20N4O3. The number of rotatable bonds is 4. The van der Waals surface area contributed by atoms with Crippen LogP contribution in [0.2, 0.25) is 0 Å². The molecule has 1 aromatic heterocycles. The Kier molecular flexibility index (Phi) is 4.65. The molecule has 0 spiro atoms. The Morgan fingerprint density at radius 3 is 2.86 bits per heavy atom. The highest BCUT2D eigenvalue weighted by Crippen LogP contribution is 2.34. The third-order valence-corrected chi connectivity index (χ3v) is 5.33. The Hall–Kier alpha value is -3.48. The summed E-state index contributed by atoms with van der Waals surface area (Å²) in [6, 6.07) is 12.7. The zero-order valence-electron chi connectivity index (χ0n) is 15.5. The third-order valence-electron chi connectivity index (χ3n) is 5.33. The topological polar surface area (TPSA) is 81.3 Å². The van der Waals surface area contributed by atoms with Crippen molar-refractivity contribution in [1.29, 1.82) is 0 Å². The number of carbonyl (C=O) groups excluding carboxylic acids is 1. The highest BCUT2D eigenvalue weighted by atomic mass is 16.6. The molecule has 1 aliphatic carbocycles. The maximum absolute atomic E-state index is 13.1. The van der Waals surface area contributed by atoms with E-state index in [0.717, 1.165) is 24.8 Å². The van der Waals surface area contributed by atoms with E-state index in [2.05, 4.69) is 17.1 Å². The van der Waals surface area contributed by atoms with Crippen LogP contribution in [0.3, 0.4) is 0 Å². The van der Waals surface area contributed by atoms with Crippen LogP contribution in [0, 0.1) is 10.1 Å². The van der Waals surface area contributed by atoms with Crippen LogP contribution in [-0.2, 0) is 6.42 Å². The minimum Gasteiger partial charge on any atom is -0.335 e. The molecule has 1 amide bonds. The summed E-state index contributed by atoms with van der Waals surface area (Å²) in [7, 11) is 1.77. The summed E-state index contributed by atoms with van der Waals surface area (Å²) in [5, 5.41) is 11.6. The molecule has 2 aromatic carbocycles. The third kappa shape index (κ3) is 3.15. The molecule has 0 aliphatic heterocycles. The number of aryl methyl sites for hydroxylation is 1. The SMILES string of the molecule is CN(C(=O)c1ccc(-n2ccnc2)c([N+](=O)[O-])c1)[C@@H]1CCCc2ccccc21. The van der Waals surface area contributed by atoms with Crippen LogP contribution in [0.4, 0.5) is 5.69 Å². The lowest BCUT2D eigenvalue weighted by Crippen LogP contribution is -2.33. The number of amides is 1. The molecule has 0 saturated heterocycles. The van der Waals surface area contributed by atoms with Gasteiger partial charge in [-0.3, -0.25) is 14.9 Å². The van der Waals surface area contributed by atoms with Gasteiger partial charge in [0.05, 0.1) is 17.3 Å². The van der Waals surface area contributed by atoms with E-state index >= 15 is 0 Å². The van der Waals surface area contributed by atoms with Crippen molar-refractivity contribution in [3.63, 3.8) is 0 Å². The van der Waals surface area contributed by atoms with Crippen molar-refractivity contribution in [2.24, 2.45) is 0 Å². The fourth-order valence-corrected chi connectivity index (χ4v) is 3.90. The highest BCUT2D eigenvalue weighted by Gasteiger charge is 2.28. The van der Waals surface area contributed by atoms with Gasteiger partial charge in [0, 0.05) is 31.1 Å². The molecule has 3 aromatic rings. The van der Waals surface area contributed by atoms with E-state index in [1.54, 1.807) is 41.0 Å². The zero-order chi connectivity index (χ0) is 19.7. The van der Waals surface area contributed by atoms with Crippen LogP contribution in [0.5, 0.6) is 0 Å². The molecule has 142 valence electrons. The average molecular weight is 376 g/mol. The summed E-state index contributed by atoms with van der Waals surface area (Å²) < 4.78 is 1.56. The summed E-state index contributed by atoms with van der Waals surface area (Å²) in [5.74, 6) is -0.220. The van der Waals surface area contributed by atoms with Gasteiger partial charge in [-0.15, -0.1) is 0 Å². The Labute approximate surface area is 162 Å². The molecule has 0 N–H and O–H groups in total. The summed E-state index contributed by atoms with van der Waals surface area (Å²) in [6.07, 6.45) is 7.59. The second-order valence-corrected chi connectivity index (χ2v) is 6.95. The number of carbonyl (C=O) groups is 1. The normalized spacial score (nSPS) is 15.7. The van der Waals surface area contributed by atoms with Crippen LogP contribution in [0.15, 0.2) is 61.2 Å². The maximum Gasteiger partial charge on any atom is 0.294 e. The minimum absolute atomic E-state index is 0.0233. The van der Waals surface area contributed by atoms with Gasteiger partial charge in [-0.2, -0.15) is 0 Å². The van der Waals surface area contributed by atoms with Crippen molar-refractivity contribution >= 4 is 11.6 Å². The lowest BCUT2D eigenvalue weighted by Gasteiger charge is -2.33. The predicted molar refractivity (Wildman–Crippen MR) is 104 cm³/mol. The predicted octanol–water partition coefficient (Wildman–Crippen LogP) is 3.93. The largest absolute Gasteiger partial charge is 0.335 e. The van der Waals surface area contributed by atoms with Crippen LogP contribution in [-0.4, -0.2) is 32.3 Å². The molecule has 0 unspecified atom stereocenters. The average Bonchev–Trinajstić information content (AvgIpc) is 3.26. The smallest absolute Gasteiger partial charge is 0.294 e. The van der Waals surface area contributed by atoms with Gasteiger partial charge in [0.15, 0.2) is 0 Å². The lowest BCUT2D eigenvalue weighted by molar-refractivity contribution is -0.384. The minimum atomic E-state index is -0.470. The molecular weight excluding hydrogens is 356 g/mol. The first-order valence-corrected chi connectivity index (χ1v) is 9.18. The monoisotopic (exact) mass is 376 g/mol. The van der Waals surface area contributed by atoms with Crippen LogP contribution in [0.1, 0.15) is 40.4 Å². The number of imidazole rings is 1. The molecule has 7 nitrogen and oxygen atoms in total. The second kappa shape index (κ2) is 7.26.